The summed E-state index contributed by atoms with van der Waals surface area (Å²) in [4.78, 5) is 5.64. The molecule has 0 spiro atoms. The first kappa shape index (κ1) is 13.3. The molecule has 0 unspecified atom stereocenters. The minimum absolute atomic E-state index is 0.0335. The number of oxime groups is 1. The van der Waals surface area contributed by atoms with Gasteiger partial charge in [-0.15, -0.1) is 0 Å². The predicted molar refractivity (Wildman–Crippen MR) is 79.2 cm³/mol. The van der Waals surface area contributed by atoms with Crippen LogP contribution in [0.15, 0.2) is 65.8 Å². The summed E-state index contributed by atoms with van der Waals surface area (Å²) >= 11 is 0. The van der Waals surface area contributed by atoms with Gasteiger partial charge >= 0.3 is 0 Å². The monoisotopic (exact) mass is 253 g/mol. The molecule has 0 amide bonds. The molecule has 98 valence electrons. The third-order valence-corrected chi connectivity index (χ3v) is 2.91. The molecular weight excluding hydrogens is 234 g/mol. The molecule has 0 saturated carbocycles. The van der Waals surface area contributed by atoms with Gasteiger partial charge in [-0.1, -0.05) is 79.2 Å². The van der Waals surface area contributed by atoms with Crippen molar-refractivity contribution in [2.45, 2.75) is 25.9 Å². The van der Waals surface area contributed by atoms with E-state index in [4.69, 9.17) is 4.84 Å². The molecule has 0 radical (unpaired) electrons. The Hall–Kier alpha value is -2.09. The fourth-order valence-corrected chi connectivity index (χ4v) is 1.91. The van der Waals surface area contributed by atoms with E-state index in [2.05, 4.69) is 24.2 Å². The van der Waals surface area contributed by atoms with Crippen LogP contribution in [0.3, 0.4) is 0 Å². The number of rotatable bonds is 6. The molecule has 2 aromatic rings. The molecule has 0 saturated heterocycles. The van der Waals surface area contributed by atoms with Gasteiger partial charge in [-0.25, -0.2) is 0 Å². The molecule has 0 aromatic heterocycles. The Morgan fingerprint density at radius 3 is 2.26 bits per heavy atom. The quantitative estimate of drug-likeness (QED) is 0.545. The highest BCUT2D eigenvalue weighted by atomic mass is 16.6. The van der Waals surface area contributed by atoms with E-state index < -0.39 is 0 Å². The van der Waals surface area contributed by atoms with E-state index in [9.17, 15) is 0 Å². The van der Waals surface area contributed by atoms with E-state index in [0.29, 0.717) is 0 Å². The zero-order valence-electron chi connectivity index (χ0n) is 11.2. The van der Waals surface area contributed by atoms with E-state index >= 15 is 0 Å². The van der Waals surface area contributed by atoms with Crippen molar-refractivity contribution in [2.24, 2.45) is 5.16 Å². The second-order valence-corrected chi connectivity index (χ2v) is 4.44. The predicted octanol–water partition coefficient (Wildman–Crippen LogP) is 4.58. The van der Waals surface area contributed by atoms with E-state index in [0.717, 1.165) is 18.4 Å². The van der Waals surface area contributed by atoms with Crippen LogP contribution in [0.2, 0.25) is 0 Å². The molecule has 0 aliphatic heterocycles. The topological polar surface area (TPSA) is 21.6 Å². The maximum absolute atomic E-state index is 5.64. The zero-order chi connectivity index (χ0) is 13.3. The summed E-state index contributed by atoms with van der Waals surface area (Å²) < 4.78 is 0. The molecule has 2 heteroatoms. The van der Waals surface area contributed by atoms with Crippen LogP contribution in [0.4, 0.5) is 0 Å². The van der Waals surface area contributed by atoms with Crippen molar-refractivity contribution in [3.05, 3.63) is 71.8 Å². The largest absolute Gasteiger partial charge is 0.388 e. The van der Waals surface area contributed by atoms with Gasteiger partial charge in [0.1, 0.15) is 0 Å². The molecule has 0 fully saturated rings. The smallest absolute Gasteiger partial charge is 0.152 e. The van der Waals surface area contributed by atoms with Gasteiger partial charge < -0.3 is 4.84 Å². The van der Waals surface area contributed by atoms with Crippen molar-refractivity contribution >= 4 is 6.21 Å². The van der Waals surface area contributed by atoms with Crippen molar-refractivity contribution < 1.29 is 4.84 Å². The van der Waals surface area contributed by atoms with E-state index in [1.54, 1.807) is 6.21 Å². The third kappa shape index (κ3) is 4.25. The standard InChI is InChI=1S/C17H19NO/c1-2-9-17(16-12-7-4-8-13-16)19-18-14-15-10-5-3-6-11-15/h3-8,10-14,17H,2,9H2,1H3/b18-14+/t17-/m1/s1. The highest BCUT2D eigenvalue weighted by molar-refractivity contribution is 5.78. The summed E-state index contributed by atoms with van der Waals surface area (Å²) in [5.41, 5.74) is 2.22. The molecule has 2 aromatic carbocycles. The summed E-state index contributed by atoms with van der Waals surface area (Å²) in [5, 5.41) is 4.11. The Morgan fingerprint density at radius 2 is 1.63 bits per heavy atom. The lowest BCUT2D eigenvalue weighted by molar-refractivity contribution is 0.0528. The Kier molecular flexibility index (Phi) is 5.17. The van der Waals surface area contributed by atoms with Crippen molar-refractivity contribution in [1.29, 1.82) is 0 Å². The molecule has 0 N–H and O–H groups in total. The summed E-state index contributed by atoms with van der Waals surface area (Å²) in [7, 11) is 0. The highest BCUT2D eigenvalue weighted by Gasteiger charge is 2.10. The maximum Gasteiger partial charge on any atom is 0.152 e. The van der Waals surface area contributed by atoms with Crippen LogP contribution in [0.5, 0.6) is 0 Å². The highest BCUT2D eigenvalue weighted by Crippen LogP contribution is 2.22. The number of hydrogen-bond acceptors (Lipinski definition) is 2. The van der Waals surface area contributed by atoms with Gasteiger partial charge in [-0.2, -0.15) is 0 Å². The molecule has 0 bridgehead atoms. The van der Waals surface area contributed by atoms with E-state index in [-0.39, 0.29) is 6.10 Å². The average molecular weight is 253 g/mol. The van der Waals surface area contributed by atoms with Gasteiger partial charge in [0.05, 0.1) is 6.21 Å². The second kappa shape index (κ2) is 7.37. The summed E-state index contributed by atoms with van der Waals surface area (Å²) in [6.07, 6.45) is 3.83. The SMILES string of the molecule is CCC[C@@H](O/N=C/c1ccccc1)c1ccccc1. The first-order chi connectivity index (χ1) is 9.40. The van der Waals surface area contributed by atoms with Crippen LogP contribution in [-0.4, -0.2) is 6.21 Å². The van der Waals surface area contributed by atoms with Crippen LogP contribution in [0.25, 0.3) is 0 Å². The van der Waals surface area contributed by atoms with Crippen LogP contribution < -0.4 is 0 Å². The van der Waals surface area contributed by atoms with E-state index in [1.807, 2.05) is 48.5 Å². The Labute approximate surface area is 114 Å². The van der Waals surface area contributed by atoms with Gasteiger partial charge in [-0.3, -0.25) is 0 Å². The average Bonchev–Trinajstić information content (AvgIpc) is 2.48. The van der Waals surface area contributed by atoms with Crippen LogP contribution in [0, 0.1) is 0 Å². The second-order valence-electron chi connectivity index (χ2n) is 4.44. The van der Waals surface area contributed by atoms with E-state index in [1.165, 1.54) is 5.56 Å². The van der Waals surface area contributed by atoms with Crippen molar-refractivity contribution in [3.8, 4) is 0 Å². The van der Waals surface area contributed by atoms with Gasteiger partial charge in [0.25, 0.3) is 0 Å². The molecule has 0 heterocycles. The summed E-state index contributed by atoms with van der Waals surface area (Å²) in [6, 6.07) is 20.2. The lowest BCUT2D eigenvalue weighted by Crippen LogP contribution is -2.00. The molecule has 0 aliphatic rings. The first-order valence-corrected chi connectivity index (χ1v) is 6.69. The third-order valence-electron chi connectivity index (χ3n) is 2.91. The summed E-state index contributed by atoms with van der Waals surface area (Å²) in [6.45, 7) is 2.15. The fraction of sp³-hybridized carbons (Fsp3) is 0.235. The minimum Gasteiger partial charge on any atom is -0.388 e. The molecule has 19 heavy (non-hydrogen) atoms. The van der Waals surface area contributed by atoms with Crippen molar-refractivity contribution in [2.75, 3.05) is 0 Å². The van der Waals surface area contributed by atoms with Crippen molar-refractivity contribution in [3.63, 3.8) is 0 Å². The molecule has 0 aliphatic carbocycles. The molecule has 2 nitrogen and oxygen atoms in total. The van der Waals surface area contributed by atoms with Gasteiger partial charge in [0, 0.05) is 0 Å². The van der Waals surface area contributed by atoms with Gasteiger partial charge in [0.15, 0.2) is 6.10 Å². The number of hydrogen-bond donors (Lipinski definition) is 0. The lowest BCUT2D eigenvalue weighted by Gasteiger charge is -2.14. The van der Waals surface area contributed by atoms with Gasteiger partial charge in [0.2, 0.25) is 0 Å². The number of nitrogens with zero attached hydrogens (tertiary/aromatic N) is 1. The van der Waals surface area contributed by atoms with Gasteiger partial charge in [-0.05, 0) is 17.5 Å². The minimum atomic E-state index is 0.0335. The zero-order valence-corrected chi connectivity index (χ0v) is 11.2. The normalized spacial score (nSPS) is 12.5. The Morgan fingerprint density at radius 1 is 1.00 bits per heavy atom. The Bertz CT molecular complexity index is 493. The first-order valence-electron chi connectivity index (χ1n) is 6.69. The lowest BCUT2D eigenvalue weighted by atomic mass is 10.1. The number of benzene rings is 2. The van der Waals surface area contributed by atoms with Crippen LogP contribution in [0.1, 0.15) is 37.0 Å². The Balaban J connectivity index is 2.00. The molecule has 1 atom stereocenters. The van der Waals surface area contributed by atoms with Crippen LogP contribution in [-0.2, 0) is 4.84 Å². The maximum atomic E-state index is 5.64. The molecule has 2 rings (SSSR count). The molecular formula is C17H19NO. The summed E-state index contributed by atoms with van der Waals surface area (Å²) in [5.74, 6) is 0. The van der Waals surface area contributed by atoms with Crippen molar-refractivity contribution in [1.82, 2.24) is 0 Å². The van der Waals surface area contributed by atoms with Crippen LogP contribution >= 0.6 is 0 Å². The fourth-order valence-electron chi connectivity index (χ4n) is 1.91.